The second kappa shape index (κ2) is 13.1. The molecule has 4 aliphatic rings. The van der Waals surface area contributed by atoms with E-state index in [2.05, 4.69) is 30.5 Å². The second-order valence-corrected chi connectivity index (χ2v) is 18.9. The van der Waals surface area contributed by atoms with Gasteiger partial charge in [0.25, 0.3) is 5.92 Å². The number of benzene rings is 2. The molecule has 3 fully saturated rings. The molecule has 0 bridgehead atoms. The number of para-hydroxylation sites is 1. The van der Waals surface area contributed by atoms with Crippen LogP contribution in [0.4, 0.5) is 41.7 Å². The van der Waals surface area contributed by atoms with Crippen molar-refractivity contribution in [1.82, 2.24) is 40.2 Å². The molecule has 4 aromatic heterocycles. The zero-order chi connectivity index (χ0) is 42.3. The number of hydrogen-bond donors (Lipinski definition) is 3. The average molecular weight is 875 g/mol. The van der Waals surface area contributed by atoms with Crippen LogP contribution in [-0.4, -0.2) is 76.3 Å². The maximum atomic E-state index is 15.5. The van der Waals surface area contributed by atoms with Crippen LogP contribution in [0.5, 0.6) is 0 Å². The van der Waals surface area contributed by atoms with Gasteiger partial charge in [-0.1, -0.05) is 23.5 Å². The fraction of sp³-hybridized carbons (Fsp3) is 0.395. The minimum atomic E-state index is -5.06. The van der Waals surface area contributed by atoms with Gasteiger partial charge in [0.2, 0.25) is 15.9 Å². The second-order valence-electron chi connectivity index (χ2n) is 16.2. The molecule has 2 aromatic carbocycles. The van der Waals surface area contributed by atoms with Crippen LogP contribution in [0.3, 0.4) is 0 Å². The van der Waals surface area contributed by atoms with Crippen molar-refractivity contribution in [3.05, 3.63) is 82.3 Å². The summed E-state index contributed by atoms with van der Waals surface area (Å²) in [5.41, 5.74) is -1.18. The third-order valence-electron chi connectivity index (χ3n) is 11.7. The maximum absolute atomic E-state index is 15.5. The van der Waals surface area contributed by atoms with Gasteiger partial charge >= 0.3 is 6.18 Å². The third-order valence-corrected chi connectivity index (χ3v) is 13.3. The van der Waals surface area contributed by atoms with Crippen molar-refractivity contribution in [3.63, 3.8) is 0 Å². The average Bonchev–Trinajstić information content (AvgIpc) is 3.38. The molecule has 60 heavy (non-hydrogen) atoms. The molecular formula is C38H33F7N10O3S2. The van der Waals surface area contributed by atoms with Crippen molar-refractivity contribution in [2.24, 2.45) is 18.4 Å². The number of halogens is 7. The van der Waals surface area contributed by atoms with Crippen LogP contribution >= 0.6 is 11.3 Å². The lowest BCUT2D eigenvalue weighted by molar-refractivity contribution is -0.142. The number of hydrogen-bond acceptors (Lipinski definition) is 10. The highest BCUT2D eigenvalue weighted by Crippen LogP contribution is 2.68. The van der Waals surface area contributed by atoms with Gasteiger partial charge in [-0.2, -0.15) is 37.1 Å². The predicted molar refractivity (Wildman–Crippen MR) is 206 cm³/mol. The molecule has 1 saturated carbocycles. The first-order valence-electron chi connectivity index (χ1n) is 18.8. The van der Waals surface area contributed by atoms with Crippen molar-refractivity contribution >= 4 is 59.5 Å². The normalized spacial score (nSPS) is 20.5. The highest BCUT2D eigenvalue weighted by atomic mass is 32.2. The van der Waals surface area contributed by atoms with Crippen LogP contribution in [-0.2, 0) is 46.9 Å². The summed E-state index contributed by atoms with van der Waals surface area (Å²) in [6.45, 7) is 2.25. The molecule has 6 heterocycles. The molecule has 2 saturated heterocycles. The number of anilines is 2. The molecule has 2 aliphatic carbocycles. The molecule has 10 rings (SSSR count). The highest BCUT2D eigenvalue weighted by molar-refractivity contribution is 7.92. The molecule has 1 spiro atoms. The molecule has 22 heteroatoms. The smallest absolute Gasteiger partial charge is 0.347 e. The molecular weight excluding hydrogens is 842 g/mol. The minimum absolute atomic E-state index is 0.0317. The van der Waals surface area contributed by atoms with Crippen molar-refractivity contribution < 1.29 is 43.9 Å². The molecule has 3 N–H and O–H groups in total. The number of aryl methyl sites for hydroxylation is 1. The summed E-state index contributed by atoms with van der Waals surface area (Å²) in [6.07, 6.45) is -4.53. The molecule has 13 nitrogen and oxygen atoms in total. The number of nitrogens with one attached hydrogen (secondary N) is 3. The number of thiazole rings is 1. The van der Waals surface area contributed by atoms with Crippen molar-refractivity contribution in [3.8, 4) is 11.1 Å². The van der Waals surface area contributed by atoms with E-state index in [-0.39, 0.29) is 41.0 Å². The summed E-state index contributed by atoms with van der Waals surface area (Å²) in [5, 5.41) is 15.0. The van der Waals surface area contributed by atoms with Gasteiger partial charge in [-0.3, -0.25) is 18.9 Å². The van der Waals surface area contributed by atoms with Gasteiger partial charge in [-0.05, 0) is 48.6 Å². The topological polar surface area (TPSA) is 152 Å². The van der Waals surface area contributed by atoms with E-state index < -0.39 is 81.0 Å². The Morgan fingerprint density at radius 1 is 1.05 bits per heavy atom. The van der Waals surface area contributed by atoms with E-state index in [1.165, 1.54) is 16.0 Å². The van der Waals surface area contributed by atoms with E-state index in [1.807, 2.05) is 0 Å². The number of sulfonamides is 1. The van der Waals surface area contributed by atoms with Gasteiger partial charge in [0, 0.05) is 72.7 Å². The molecule has 1 amide bonds. The van der Waals surface area contributed by atoms with Crippen molar-refractivity contribution in [2.75, 3.05) is 42.1 Å². The number of amides is 1. The number of pyridine rings is 1. The fourth-order valence-corrected chi connectivity index (χ4v) is 10.5. The first-order valence-corrected chi connectivity index (χ1v) is 21.5. The zero-order valence-electron chi connectivity index (χ0n) is 31.5. The number of aromatic nitrogens is 6. The monoisotopic (exact) mass is 874 g/mol. The SMILES string of the molecule is Cn1nc(NS(C)(=O)=O)c2cccc(-c3cc4sc(N5CC6(CNC6)C5)nc4nc3[C@H](Cc3cc(F)cc(F)c3)NC(=O)Cn3nc(C(F)(F)F)c4c3C(F)(F)[C@@H]3C[C@H]43)c21. The molecule has 3 atom stereocenters. The van der Waals surface area contributed by atoms with Gasteiger partial charge in [0.05, 0.1) is 28.2 Å². The lowest BCUT2D eigenvalue weighted by Gasteiger charge is -2.56. The number of rotatable bonds is 10. The van der Waals surface area contributed by atoms with Crippen molar-refractivity contribution in [1.29, 1.82) is 0 Å². The highest BCUT2D eigenvalue weighted by Gasteiger charge is 2.68. The number of fused-ring (bicyclic) bond motifs is 5. The van der Waals surface area contributed by atoms with Crippen LogP contribution in [0.2, 0.25) is 0 Å². The summed E-state index contributed by atoms with van der Waals surface area (Å²) in [4.78, 5) is 25.9. The number of carbonyl (C=O) groups excluding carboxylic acids is 1. The van der Waals surface area contributed by atoms with Crippen molar-refractivity contribution in [2.45, 2.75) is 43.4 Å². The largest absolute Gasteiger partial charge is 0.435 e. The Bertz CT molecular complexity index is 2880. The Morgan fingerprint density at radius 3 is 2.45 bits per heavy atom. The molecule has 2 aliphatic heterocycles. The summed E-state index contributed by atoms with van der Waals surface area (Å²) in [6, 6.07) is 8.25. The van der Waals surface area contributed by atoms with Gasteiger partial charge < -0.3 is 15.5 Å². The summed E-state index contributed by atoms with van der Waals surface area (Å²) >= 11 is 1.37. The van der Waals surface area contributed by atoms with E-state index in [4.69, 9.17) is 9.97 Å². The quantitative estimate of drug-likeness (QED) is 0.145. The Hall–Kier alpha value is -5.35. The molecule has 0 radical (unpaired) electrons. The molecule has 6 aromatic rings. The van der Waals surface area contributed by atoms with Crippen LogP contribution < -0.4 is 20.3 Å². The van der Waals surface area contributed by atoms with E-state index >= 15 is 8.78 Å². The van der Waals surface area contributed by atoms with E-state index in [0.29, 0.717) is 42.6 Å². The lowest BCUT2D eigenvalue weighted by atomic mass is 9.75. The van der Waals surface area contributed by atoms with Crippen LogP contribution in [0.15, 0.2) is 42.5 Å². The fourth-order valence-electron chi connectivity index (χ4n) is 9.04. The predicted octanol–water partition coefficient (Wildman–Crippen LogP) is 5.83. The van der Waals surface area contributed by atoms with E-state index in [9.17, 15) is 35.2 Å². The van der Waals surface area contributed by atoms with Gasteiger partial charge in [-0.25, -0.2) is 22.2 Å². The Labute approximate surface area is 340 Å². The third kappa shape index (κ3) is 6.44. The molecule has 314 valence electrons. The number of alkyl halides is 5. The Kier molecular flexibility index (Phi) is 8.46. The standard InChI is InChI=1S/C38H33F7N10O3S2/c1-53-30-20(4-3-5-21(30)33(51-53)52-60(2,57)58)22-11-26-34(49-35(59-26)54-15-36(16-54)13-46-14-36)48-29(22)25(8-17-6-18(39)9-19(40)7-17)47-27(56)12-55-32-28(31(50-55)38(43,44)45)23-10-24(23)37(32,41)42/h3-7,9,11,23-25,46H,8,10,12-16H2,1-2H3,(H,47,56)(H,51,52)/t23-,24+,25-/m0/s1. The van der Waals surface area contributed by atoms with Gasteiger partial charge in [0.15, 0.2) is 22.3 Å². The molecule has 0 unspecified atom stereocenters. The van der Waals surface area contributed by atoms with Crippen LogP contribution in [0, 0.1) is 23.0 Å². The lowest BCUT2D eigenvalue weighted by Crippen LogP contribution is -2.71. The first kappa shape index (κ1) is 38.8. The van der Waals surface area contributed by atoms with Crippen LogP contribution in [0.25, 0.3) is 32.4 Å². The number of carbonyl (C=O) groups is 1. The van der Waals surface area contributed by atoms with Crippen LogP contribution in [0.1, 0.15) is 46.6 Å². The summed E-state index contributed by atoms with van der Waals surface area (Å²) in [7, 11) is -2.18. The Morgan fingerprint density at radius 2 is 1.78 bits per heavy atom. The van der Waals surface area contributed by atoms with Gasteiger partial charge in [-0.15, -0.1) is 0 Å². The Balaban J connectivity index is 1.11. The minimum Gasteiger partial charge on any atom is -0.347 e. The number of nitrogens with zero attached hydrogens (tertiary/aromatic N) is 7. The first-order chi connectivity index (χ1) is 28.3. The zero-order valence-corrected chi connectivity index (χ0v) is 33.2. The maximum Gasteiger partial charge on any atom is 0.435 e. The summed E-state index contributed by atoms with van der Waals surface area (Å²) in [5.74, 6) is -8.86. The van der Waals surface area contributed by atoms with E-state index in [0.717, 1.165) is 44.6 Å². The van der Waals surface area contributed by atoms with Gasteiger partial charge in [0.1, 0.15) is 23.9 Å². The summed E-state index contributed by atoms with van der Waals surface area (Å²) < 4.78 is 132. The van der Waals surface area contributed by atoms with E-state index in [1.54, 1.807) is 31.3 Å².